The van der Waals surface area contributed by atoms with Crippen molar-refractivity contribution in [1.29, 1.82) is 0 Å². The summed E-state index contributed by atoms with van der Waals surface area (Å²) in [7, 11) is -0.504. The zero-order valence-corrected chi connectivity index (χ0v) is 24.1. The van der Waals surface area contributed by atoms with Crippen molar-refractivity contribution < 1.29 is 37.0 Å². The van der Waals surface area contributed by atoms with Crippen molar-refractivity contribution >= 4 is 39.5 Å². The van der Waals surface area contributed by atoms with Crippen LogP contribution >= 0.6 is 11.3 Å². The molecule has 0 bridgehead atoms. The van der Waals surface area contributed by atoms with E-state index < -0.39 is 22.2 Å². The number of benzene rings is 2. The maximum Gasteiger partial charge on any atom is 0.422 e. The molecule has 0 saturated carbocycles. The Kier molecular flexibility index (Phi) is 10.4. The Morgan fingerprint density at radius 3 is 2.25 bits per heavy atom. The Morgan fingerprint density at radius 1 is 1.00 bits per heavy atom. The molecule has 3 rings (SSSR count). The van der Waals surface area contributed by atoms with E-state index in [-0.39, 0.29) is 18.1 Å². The lowest BCUT2D eigenvalue weighted by molar-refractivity contribution is 0.0740. The van der Waals surface area contributed by atoms with Crippen molar-refractivity contribution in [3.63, 3.8) is 0 Å². The van der Waals surface area contributed by atoms with E-state index in [1.165, 1.54) is 24.3 Å². The van der Waals surface area contributed by atoms with Gasteiger partial charge in [0.15, 0.2) is 0 Å². The minimum Gasteiger partial charge on any atom is -0.496 e. The number of carbonyl (C=O) groups excluding carboxylic acids is 3. The van der Waals surface area contributed by atoms with Gasteiger partial charge in [0.25, 0.3) is 11.8 Å². The predicted molar refractivity (Wildman–Crippen MR) is 148 cm³/mol. The van der Waals surface area contributed by atoms with Crippen LogP contribution in [-0.2, 0) is 27.9 Å². The first-order valence-corrected chi connectivity index (χ1v) is 14.4. The first-order valence-electron chi connectivity index (χ1n) is 12.0. The van der Waals surface area contributed by atoms with Gasteiger partial charge in [0, 0.05) is 23.1 Å². The minimum atomic E-state index is -4.51. The summed E-state index contributed by atoms with van der Waals surface area (Å²) < 4.78 is 42.2. The average Bonchev–Trinajstić information content (AvgIpc) is 3.41. The van der Waals surface area contributed by atoms with Crippen LogP contribution in [0.5, 0.6) is 11.5 Å². The molecule has 1 heterocycles. The van der Waals surface area contributed by atoms with Crippen molar-refractivity contribution in [2.45, 2.75) is 26.3 Å². The van der Waals surface area contributed by atoms with Crippen LogP contribution in [0, 0.1) is 6.92 Å². The van der Waals surface area contributed by atoms with E-state index >= 15 is 0 Å². The van der Waals surface area contributed by atoms with E-state index in [9.17, 15) is 22.8 Å². The van der Waals surface area contributed by atoms with Crippen molar-refractivity contribution in [3.05, 3.63) is 75.2 Å². The first kappa shape index (κ1) is 30.4. The topological polar surface area (TPSA) is 153 Å². The van der Waals surface area contributed by atoms with Gasteiger partial charge >= 0.3 is 16.3 Å². The number of hydrogen-bond donors (Lipinski definition) is 2. The molecular weight excluding hydrogens is 560 g/mol. The molecule has 3 aromatic rings. The van der Waals surface area contributed by atoms with E-state index in [0.717, 1.165) is 36.0 Å². The van der Waals surface area contributed by atoms with Crippen molar-refractivity contribution in [1.82, 2.24) is 19.3 Å². The number of nitrogens with one attached hydrogen (secondary N) is 2. The summed E-state index contributed by atoms with van der Waals surface area (Å²) in [6, 6.07) is 13.1. The lowest BCUT2D eigenvalue weighted by atomic mass is 10.1. The number of thiazole rings is 1. The number of rotatable bonds is 12. The highest BCUT2D eigenvalue weighted by atomic mass is 32.2. The number of ether oxygens (including phenoxy) is 3. The fourth-order valence-corrected chi connectivity index (χ4v) is 5.26. The zero-order chi connectivity index (χ0) is 29.3. The monoisotopic (exact) mass is 590 g/mol. The molecule has 0 atom stereocenters. The average molecular weight is 591 g/mol. The van der Waals surface area contributed by atoms with Crippen LogP contribution in [0.4, 0.5) is 4.79 Å². The van der Waals surface area contributed by atoms with Crippen LogP contribution in [0.2, 0.25) is 0 Å². The van der Waals surface area contributed by atoms with E-state index in [0.29, 0.717) is 35.0 Å². The number of aryl methyl sites for hydroxylation is 1. The highest BCUT2D eigenvalue weighted by Crippen LogP contribution is 2.30. The second-order valence-corrected chi connectivity index (χ2v) is 10.8. The summed E-state index contributed by atoms with van der Waals surface area (Å²) in [5.41, 5.74) is 2.05. The van der Waals surface area contributed by atoms with E-state index in [2.05, 4.69) is 9.72 Å². The predicted octanol–water partition coefficient (Wildman–Crippen LogP) is 3.07. The SMILES string of the molecule is COC(=O)NS(=O)(=O)NC(=O)c1csc(CN(CCCc2ccccc2)C(=O)c2cc(OC)c(C)c(OC)c2)n1. The highest BCUT2D eigenvalue weighted by Gasteiger charge is 2.24. The molecule has 40 heavy (non-hydrogen) atoms. The molecule has 1 aromatic heterocycles. The molecule has 2 N–H and O–H groups in total. The summed E-state index contributed by atoms with van der Waals surface area (Å²) >= 11 is 1.09. The minimum absolute atomic E-state index is 0.0667. The number of methoxy groups -OCH3 is 3. The smallest absolute Gasteiger partial charge is 0.422 e. The molecule has 214 valence electrons. The number of carbonyl (C=O) groups is 3. The molecule has 0 fully saturated rings. The normalized spacial score (nSPS) is 10.9. The molecule has 0 saturated heterocycles. The van der Waals surface area contributed by atoms with Gasteiger partial charge in [-0.05, 0) is 37.5 Å². The van der Waals surface area contributed by atoms with Crippen LogP contribution in [0.1, 0.15) is 43.4 Å². The Morgan fingerprint density at radius 2 is 1.65 bits per heavy atom. The maximum absolute atomic E-state index is 13.7. The fourth-order valence-electron chi connectivity index (χ4n) is 3.77. The molecule has 0 aliphatic carbocycles. The third-order valence-electron chi connectivity index (χ3n) is 5.76. The summed E-state index contributed by atoms with van der Waals surface area (Å²) in [6.07, 6.45) is 0.140. The van der Waals surface area contributed by atoms with E-state index in [4.69, 9.17) is 9.47 Å². The molecule has 12 nitrogen and oxygen atoms in total. The Hall–Kier alpha value is -4.17. The van der Waals surface area contributed by atoms with E-state index in [1.54, 1.807) is 21.8 Å². The molecule has 0 spiro atoms. The number of aromatic nitrogens is 1. The summed E-state index contributed by atoms with van der Waals surface area (Å²) in [5.74, 6) is -0.339. The Labute approximate surface area is 236 Å². The Bertz CT molecular complexity index is 1430. The van der Waals surface area contributed by atoms with Crippen LogP contribution in [0.25, 0.3) is 0 Å². The highest BCUT2D eigenvalue weighted by molar-refractivity contribution is 7.88. The summed E-state index contributed by atoms with van der Waals surface area (Å²) in [5, 5.41) is 1.77. The molecule has 3 amide bonds. The number of nitrogens with zero attached hydrogens (tertiary/aromatic N) is 2. The molecule has 14 heteroatoms. The van der Waals surface area contributed by atoms with Crippen molar-refractivity contribution in [2.24, 2.45) is 0 Å². The fraction of sp³-hybridized carbons (Fsp3) is 0.308. The van der Waals surface area contributed by atoms with Crippen LogP contribution < -0.4 is 18.9 Å². The quantitative estimate of drug-likeness (QED) is 0.324. The van der Waals surface area contributed by atoms with Crippen molar-refractivity contribution in [3.8, 4) is 11.5 Å². The number of amides is 3. The summed E-state index contributed by atoms with van der Waals surface area (Å²) in [6.45, 7) is 2.27. The maximum atomic E-state index is 13.7. The second-order valence-electron chi connectivity index (χ2n) is 8.48. The van der Waals surface area contributed by atoms with Gasteiger partial charge in [0.2, 0.25) is 0 Å². The zero-order valence-electron chi connectivity index (χ0n) is 22.4. The third kappa shape index (κ3) is 8.16. The molecule has 0 unspecified atom stereocenters. The van der Waals surface area contributed by atoms with Gasteiger partial charge in [-0.25, -0.2) is 19.2 Å². The van der Waals surface area contributed by atoms with Crippen molar-refractivity contribution in [2.75, 3.05) is 27.9 Å². The second kappa shape index (κ2) is 13.8. The van der Waals surface area contributed by atoms with E-state index in [1.807, 2.05) is 37.3 Å². The van der Waals surface area contributed by atoms with Crippen LogP contribution in [0.3, 0.4) is 0 Å². The lowest BCUT2D eigenvalue weighted by Crippen LogP contribution is -2.43. The number of hydrogen-bond acceptors (Lipinski definition) is 10. The van der Waals surface area contributed by atoms with Crippen LogP contribution in [-0.4, -0.2) is 64.1 Å². The third-order valence-corrected chi connectivity index (χ3v) is 7.49. The largest absolute Gasteiger partial charge is 0.496 e. The van der Waals surface area contributed by atoms with Gasteiger partial charge in [0.05, 0.1) is 27.9 Å². The van der Waals surface area contributed by atoms with Gasteiger partial charge in [-0.2, -0.15) is 8.42 Å². The lowest BCUT2D eigenvalue weighted by Gasteiger charge is -2.23. The molecule has 0 aliphatic heterocycles. The van der Waals surface area contributed by atoms with Crippen LogP contribution in [0.15, 0.2) is 47.8 Å². The molecular formula is C26H30N4O8S2. The summed E-state index contributed by atoms with van der Waals surface area (Å²) in [4.78, 5) is 43.1. The molecule has 0 aliphatic rings. The van der Waals surface area contributed by atoms with Gasteiger partial charge in [-0.3, -0.25) is 9.59 Å². The van der Waals surface area contributed by atoms with Gasteiger partial charge in [-0.1, -0.05) is 30.3 Å². The standard InChI is InChI=1S/C26H30N4O8S2/c1-17-21(36-2)13-19(14-22(17)37-3)25(32)30(12-8-11-18-9-6-5-7-10-18)15-23-27-20(16-39-23)24(31)28-40(34,35)29-26(33)38-4/h5-7,9-10,13-14,16H,8,11-12,15H2,1-4H3,(H,28,31)(H,29,33). The Balaban J connectivity index is 1.81. The molecule has 0 radical (unpaired) electrons. The van der Waals surface area contributed by atoms with Gasteiger partial charge < -0.3 is 19.1 Å². The first-order chi connectivity index (χ1) is 19.1. The van der Waals surface area contributed by atoms with Gasteiger partial charge in [0.1, 0.15) is 22.2 Å². The van der Waals surface area contributed by atoms with Gasteiger partial charge in [-0.15, -0.1) is 11.3 Å². The molecule has 2 aromatic carbocycles.